The van der Waals surface area contributed by atoms with Crippen LogP contribution in [0, 0.1) is 0 Å². The minimum absolute atomic E-state index is 0.665. The number of hydrogen-bond donors (Lipinski definition) is 4. The van der Waals surface area contributed by atoms with E-state index in [-0.39, 0.29) is 0 Å². The molecule has 0 fully saturated rings. The van der Waals surface area contributed by atoms with E-state index >= 15 is 0 Å². The molecule has 1 aromatic carbocycles. The van der Waals surface area contributed by atoms with E-state index in [4.69, 9.17) is 0 Å². The molecule has 0 amide bonds. The first-order valence-electron chi connectivity index (χ1n) is 7.16. The van der Waals surface area contributed by atoms with Crippen LogP contribution in [0.3, 0.4) is 0 Å². The standard InChI is InChI=1S/C17H17NO3/c1-6-4-10-11(15(6)19)9-5-7(2)16(20)12(9)14-13(10)17(21)8(3)18-14/h4-5,15-17,19-21H,1-3H3/p+1. The second-order valence-corrected chi connectivity index (χ2v) is 6.24. The largest absolute Gasteiger partial charge is 0.384 e. The first-order valence-corrected chi connectivity index (χ1v) is 7.16. The van der Waals surface area contributed by atoms with Crippen LogP contribution in [-0.2, 0) is 0 Å². The number of nitrogens with one attached hydrogen (secondary N) is 1. The normalized spacial score (nSPS) is 28.9. The van der Waals surface area contributed by atoms with Gasteiger partial charge in [-0.1, -0.05) is 12.2 Å². The summed E-state index contributed by atoms with van der Waals surface area (Å²) in [6, 6.07) is 0. The van der Waals surface area contributed by atoms with Gasteiger partial charge in [-0.15, -0.1) is 0 Å². The molecule has 1 aliphatic heterocycles. The summed E-state index contributed by atoms with van der Waals surface area (Å²) in [4.78, 5) is 3.22. The minimum atomic E-state index is -0.707. The molecule has 0 aromatic heterocycles. The maximum atomic E-state index is 10.5. The molecule has 3 atom stereocenters. The van der Waals surface area contributed by atoms with Crippen molar-refractivity contribution in [1.82, 2.24) is 0 Å². The molecule has 2 aliphatic carbocycles. The van der Waals surface area contributed by atoms with E-state index in [0.717, 1.165) is 50.4 Å². The molecular weight excluding hydrogens is 266 g/mol. The van der Waals surface area contributed by atoms with E-state index in [1.807, 2.05) is 32.9 Å². The Morgan fingerprint density at radius 2 is 1.24 bits per heavy atom. The molecule has 3 unspecified atom stereocenters. The zero-order valence-corrected chi connectivity index (χ0v) is 12.2. The second kappa shape index (κ2) is 3.91. The Bertz CT molecular complexity index is 660. The lowest BCUT2D eigenvalue weighted by atomic mass is 9.89. The van der Waals surface area contributed by atoms with Crippen molar-refractivity contribution >= 4 is 23.6 Å². The van der Waals surface area contributed by atoms with Gasteiger partial charge in [-0.3, -0.25) is 0 Å². The summed E-state index contributed by atoms with van der Waals surface area (Å²) >= 11 is 0. The third kappa shape index (κ3) is 1.42. The molecule has 108 valence electrons. The lowest BCUT2D eigenvalue weighted by Gasteiger charge is -2.16. The lowest BCUT2D eigenvalue weighted by molar-refractivity contribution is -0.353. The molecule has 0 saturated carbocycles. The van der Waals surface area contributed by atoms with E-state index in [1.54, 1.807) is 0 Å². The van der Waals surface area contributed by atoms with Crippen molar-refractivity contribution in [3.05, 3.63) is 39.0 Å². The summed E-state index contributed by atoms with van der Waals surface area (Å²) in [7, 11) is 0. The van der Waals surface area contributed by atoms with Gasteiger partial charge in [-0.2, -0.15) is 0 Å². The monoisotopic (exact) mass is 284 g/mol. The quantitative estimate of drug-likeness (QED) is 0.569. The Kier molecular flexibility index (Phi) is 2.41. The van der Waals surface area contributed by atoms with Crippen LogP contribution in [0.25, 0.3) is 12.2 Å². The molecule has 1 heterocycles. The summed E-state index contributed by atoms with van der Waals surface area (Å²) in [6.07, 6.45) is 1.83. The highest BCUT2D eigenvalue weighted by Crippen LogP contribution is 2.50. The van der Waals surface area contributed by atoms with Gasteiger partial charge in [0.2, 0.25) is 5.69 Å². The van der Waals surface area contributed by atoms with Crippen LogP contribution in [0.1, 0.15) is 66.9 Å². The number of aliphatic hydroxyl groups is 3. The van der Waals surface area contributed by atoms with Gasteiger partial charge >= 0.3 is 0 Å². The van der Waals surface area contributed by atoms with E-state index in [0.29, 0.717) is 0 Å². The SMILES string of the molecule is CC1=Cc2c(c3c(c4c2C(O)C(C)=[NH+]4)C(O)C(C)=C3)C1O. The van der Waals surface area contributed by atoms with E-state index in [2.05, 4.69) is 4.99 Å². The smallest absolute Gasteiger partial charge is 0.217 e. The molecule has 21 heavy (non-hydrogen) atoms. The van der Waals surface area contributed by atoms with Crippen molar-refractivity contribution in [2.24, 2.45) is 0 Å². The zero-order valence-electron chi connectivity index (χ0n) is 12.2. The van der Waals surface area contributed by atoms with Crippen molar-refractivity contribution in [3.63, 3.8) is 0 Å². The molecule has 0 radical (unpaired) electrons. The maximum absolute atomic E-state index is 10.5. The molecule has 0 spiro atoms. The van der Waals surface area contributed by atoms with E-state index < -0.39 is 18.3 Å². The molecule has 0 saturated heterocycles. The predicted octanol–water partition coefficient (Wildman–Crippen LogP) is 0.807. The average Bonchev–Trinajstić information content (AvgIpc) is 2.99. The van der Waals surface area contributed by atoms with Crippen LogP contribution in [0.5, 0.6) is 0 Å². The molecule has 1 aromatic rings. The Hall–Kier alpha value is -1.75. The average molecular weight is 284 g/mol. The van der Waals surface area contributed by atoms with Crippen molar-refractivity contribution in [2.45, 2.75) is 39.1 Å². The highest BCUT2D eigenvalue weighted by molar-refractivity contribution is 5.93. The Morgan fingerprint density at radius 3 is 1.81 bits per heavy atom. The molecule has 4 rings (SSSR count). The molecule has 4 N–H and O–H groups in total. The zero-order chi connectivity index (χ0) is 15.0. The number of fused-ring (bicyclic) bond motifs is 6. The van der Waals surface area contributed by atoms with Gasteiger partial charge in [0.1, 0.15) is 12.2 Å². The van der Waals surface area contributed by atoms with Gasteiger partial charge in [0.15, 0.2) is 11.8 Å². The number of benzene rings is 1. The molecule has 0 bridgehead atoms. The summed E-state index contributed by atoms with van der Waals surface area (Å²) in [6.45, 7) is 5.61. The molecule has 4 heteroatoms. The fourth-order valence-corrected chi connectivity index (χ4v) is 3.71. The van der Waals surface area contributed by atoms with Crippen molar-refractivity contribution in [3.8, 4) is 0 Å². The third-order valence-corrected chi connectivity index (χ3v) is 4.86. The van der Waals surface area contributed by atoms with Crippen LogP contribution in [0.15, 0.2) is 11.1 Å². The molecule has 3 aliphatic rings. The summed E-state index contributed by atoms with van der Waals surface area (Å²) in [5.41, 5.74) is 7.43. The van der Waals surface area contributed by atoms with Crippen LogP contribution < -0.4 is 4.99 Å². The number of hydrogen-bond acceptors (Lipinski definition) is 3. The summed E-state index contributed by atoms with van der Waals surface area (Å²) in [5.74, 6) is 0. The maximum Gasteiger partial charge on any atom is 0.217 e. The van der Waals surface area contributed by atoms with Gasteiger partial charge in [0, 0.05) is 12.5 Å². The topological polar surface area (TPSA) is 74.7 Å². The second-order valence-electron chi connectivity index (χ2n) is 6.24. The first kappa shape index (κ1) is 13.0. The van der Waals surface area contributed by atoms with Gasteiger partial charge in [0.05, 0.1) is 11.1 Å². The first-order chi connectivity index (χ1) is 9.91. The van der Waals surface area contributed by atoms with E-state index in [9.17, 15) is 15.3 Å². The summed E-state index contributed by atoms with van der Waals surface area (Å²) in [5, 5.41) is 31.4. The van der Waals surface area contributed by atoms with Gasteiger partial charge in [-0.05, 0) is 36.1 Å². The van der Waals surface area contributed by atoms with Crippen molar-refractivity contribution < 1.29 is 20.3 Å². The Labute approximate surface area is 122 Å². The highest BCUT2D eigenvalue weighted by atomic mass is 16.3. The number of rotatable bonds is 0. The molecular formula is C17H18NO3+. The highest BCUT2D eigenvalue weighted by Gasteiger charge is 2.43. The minimum Gasteiger partial charge on any atom is -0.384 e. The molecule has 4 nitrogen and oxygen atoms in total. The van der Waals surface area contributed by atoms with Crippen molar-refractivity contribution in [2.75, 3.05) is 0 Å². The predicted molar refractivity (Wildman–Crippen MR) is 79.9 cm³/mol. The van der Waals surface area contributed by atoms with Crippen molar-refractivity contribution in [1.29, 1.82) is 0 Å². The van der Waals surface area contributed by atoms with Gasteiger partial charge in [-0.25, -0.2) is 4.99 Å². The third-order valence-electron chi connectivity index (χ3n) is 4.86. The van der Waals surface area contributed by atoms with Crippen LogP contribution >= 0.6 is 0 Å². The Balaban J connectivity index is 2.13. The number of aliphatic hydroxyl groups excluding tert-OH is 3. The van der Waals surface area contributed by atoms with Gasteiger partial charge in [0.25, 0.3) is 0 Å². The lowest BCUT2D eigenvalue weighted by Crippen LogP contribution is -2.64. The van der Waals surface area contributed by atoms with Crippen LogP contribution in [-0.4, -0.2) is 21.0 Å². The fourth-order valence-electron chi connectivity index (χ4n) is 3.71. The van der Waals surface area contributed by atoms with Crippen LogP contribution in [0.2, 0.25) is 0 Å². The Morgan fingerprint density at radius 1 is 0.762 bits per heavy atom. The van der Waals surface area contributed by atoms with E-state index in [1.165, 1.54) is 0 Å². The fraction of sp³-hybridized carbons (Fsp3) is 0.353. The summed E-state index contributed by atoms with van der Waals surface area (Å²) < 4.78 is 0. The van der Waals surface area contributed by atoms with Crippen LogP contribution in [0.4, 0.5) is 5.69 Å². The van der Waals surface area contributed by atoms with Gasteiger partial charge < -0.3 is 15.3 Å².